The molecule has 0 bridgehead atoms. The van der Waals surface area contributed by atoms with Crippen LogP contribution in [-0.2, 0) is 14.3 Å². The van der Waals surface area contributed by atoms with Crippen LogP contribution in [0.15, 0.2) is 41.8 Å². The number of hydrogen-bond donors (Lipinski definition) is 2. The summed E-state index contributed by atoms with van der Waals surface area (Å²) in [6.45, 7) is 12.5. The van der Waals surface area contributed by atoms with Crippen LogP contribution >= 0.6 is 23.2 Å². The third-order valence-electron chi connectivity index (χ3n) is 7.21. The minimum Gasteiger partial charge on any atom is -0.482 e. The lowest BCUT2D eigenvalue weighted by molar-refractivity contribution is -0.117. The zero-order valence-corrected chi connectivity index (χ0v) is 29.9. The van der Waals surface area contributed by atoms with E-state index in [1.807, 2.05) is 20.8 Å². The highest BCUT2D eigenvalue weighted by molar-refractivity contribution is 6.36. The summed E-state index contributed by atoms with van der Waals surface area (Å²) in [6.07, 6.45) is 3.88. The van der Waals surface area contributed by atoms with E-state index >= 15 is 0 Å². The number of rotatable bonds is 7. The number of ether oxygens (including phenoxy) is 3. The summed E-state index contributed by atoms with van der Waals surface area (Å²) in [7, 11) is 0. The summed E-state index contributed by atoms with van der Waals surface area (Å²) in [5.74, 6) is -1.61. The summed E-state index contributed by atoms with van der Waals surface area (Å²) >= 11 is 12.6. The van der Waals surface area contributed by atoms with Crippen molar-refractivity contribution in [2.24, 2.45) is 4.99 Å². The van der Waals surface area contributed by atoms with Gasteiger partial charge in [-0.3, -0.25) is 9.48 Å². The van der Waals surface area contributed by atoms with Crippen LogP contribution in [0.4, 0.5) is 14.0 Å². The van der Waals surface area contributed by atoms with Gasteiger partial charge in [0.25, 0.3) is 5.91 Å². The van der Waals surface area contributed by atoms with Gasteiger partial charge < -0.3 is 29.6 Å². The van der Waals surface area contributed by atoms with Crippen molar-refractivity contribution in [1.29, 1.82) is 0 Å². The summed E-state index contributed by atoms with van der Waals surface area (Å²) in [6, 6.07) is 4.00. The smallest absolute Gasteiger partial charge is 0.410 e. The molecule has 1 saturated heterocycles. The Labute approximate surface area is 293 Å². The second kappa shape index (κ2) is 15.1. The lowest BCUT2D eigenvalue weighted by Gasteiger charge is -2.33. The topological polar surface area (TPSA) is 150 Å². The molecule has 0 unspecified atom stereocenters. The zero-order chi connectivity index (χ0) is 36.3. The fraction of sp³-hybridized carbons (Fsp3) is 0.485. The normalized spacial score (nSPS) is 15.1. The summed E-state index contributed by atoms with van der Waals surface area (Å²) < 4.78 is 33.5. The fourth-order valence-electron chi connectivity index (χ4n) is 5.01. The van der Waals surface area contributed by atoms with E-state index in [4.69, 9.17) is 37.4 Å². The molecule has 0 saturated carbocycles. The molecule has 1 aliphatic rings. The van der Waals surface area contributed by atoms with Gasteiger partial charge in [-0.15, -0.1) is 0 Å². The standard InChI is InChI=1S/C33H41Cl2FN6O7/c1-19(27-23(34)8-9-24(36)28(27)35)47-25-14-20(18-42(46)29(25)39-26(43)16-37-30(44)48-32(2,3)4)21-15-38-41(17-21)22-10-12-40(13-11-22)31(45)49-33(5,6)7/h8-9,14-15,17-19,22,46H,10-13,16H2,1-7H3,(H,37,44)/t19-/m1/s1. The first kappa shape index (κ1) is 37.5. The molecule has 3 heterocycles. The second-order valence-electron chi connectivity index (χ2n) is 13.5. The van der Waals surface area contributed by atoms with Crippen molar-refractivity contribution >= 4 is 41.3 Å². The van der Waals surface area contributed by atoms with E-state index in [9.17, 15) is 24.0 Å². The molecular formula is C33H41Cl2FN6O7. The van der Waals surface area contributed by atoms with E-state index in [1.54, 1.807) is 49.7 Å². The Morgan fingerprint density at radius 1 is 1.06 bits per heavy atom. The van der Waals surface area contributed by atoms with E-state index in [0.717, 1.165) is 6.07 Å². The van der Waals surface area contributed by atoms with Gasteiger partial charge in [0, 0.05) is 41.0 Å². The Balaban J connectivity index is 1.62. The Morgan fingerprint density at radius 3 is 2.35 bits per heavy atom. The number of nitrogens with one attached hydrogen (secondary N) is 1. The summed E-state index contributed by atoms with van der Waals surface area (Å²) in [5, 5.41) is 17.8. The lowest BCUT2D eigenvalue weighted by atomic mass is 10.1. The van der Waals surface area contributed by atoms with Crippen molar-refractivity contribution in [3.8, 4) is 16.9 Å². The lowest BCUT2D eigenvalue weighted by Crippen LogP contribution is -2.42. The molecule has 3 amide bonds. The zero-order valence-electron chi connectivity index (χ0n) is 28.4. The van der Waals surface area contributed by atoms with Crippen molar-refractivity contribution in [3.05, 3.63) is 63.7 Å². The molecule has 49 heavy (non-hydrogen) atoms. The number of pyridine rings is 1. The molecule has 0 spiro atoms. The van der Waals surface area contributed by atoms with Crippen LogP contribution in [-0.4, -0.2) is 73.5 Å². The fourth-order valence-corrected chi connectivity index (χ4v) is 5.69. The molecule has 266 valence electrons. The third kappa shape index (κ3) is 10.1. The van der Waals surface area contributed by atoms with Crippen LogP contribution in [0.3, 0.4) is 0 Å². The molecule has 3 aromatic rings. The van der Waals surface area contributed by atoms with Crippen LogP contribution in [0.25, 0.3) is 11.1 Å². The molecule has 2 aromatic heterocycles. The molecule has 13 nitrogen and oxygen atoms in total. The molecule has 1 aromatic carbocycles. The van der Waals surface area contributed by atoms with Gasteiger partial charge in [0.05, 0.1) is 23.5 Å². The number of carbonyl (C=O) groups is 3. The van der Waals surface area contributed by atoms with Crippen LogP contribution in [0.2, 0.25) is 10.0 Å². The predicted molar refractivity (Wildman–Crippen MR) is 179 cm³/mol. The van der Waals surface area contributed by atoms with Crippen molar-refractivity contribution in [2.75, 3.05) is 19.6 Å². The number of aromatic nitrogens is 3. The highest BCUT2D eigenvalue weighted by Crippen LogP contribution is 2.35. The number of alkyl carbamates (subject to hydrolysis) is 1. The highest BCUT2D eigenvalue weighted by Gasteiger charge is 2.28. The van der Waals surface area contributed by atoms with Crippen molar-refractivity contribution < 1.29 is 38.2 Å². The molecule has 1 aliphatic heterocycles. The van der Waals surface area contributed by atoms with E-state index < -0.39 is 41.7 Å². The minimum atomic E-state index is -0.965. The van der Waals surface area contributed by atoms with Gasteiger partial charge in [-0.1, -0.05) is 23.2 Å². The molecule has 1 atom stereocenters. The first-order valence-corrected chi connectivity index (χ1v) is 16.4. The monoisotopic (exact) mass is 722 g/mol. The Hall–Kier alpha value is -4.30. The maximum atomic E-state index is 14.4. The Morgan fingerprint density at radius 2 is 1.71 bits per heavy atom. The number of carbonyl (C=O) groups excluding carboxylic acids is 3. The van der Waals surface area contributed by atoms with Gasteiger partial charge in [0.15, 0.2) is 5.75 Å². The van der Waals surface area contributed by atoms with Gasteiger partial charge in [0.2, 0.25) is 5.49 Å². The van der Waals surface area contributed by atoms with Crippen molar-refractivity contribution in [3.63, 3.8) is 0 Å². The second-order valence-corrected chi connectivity index (χ2v) is 14.3. The average molecular weight is 724 g/mol. The SMILES string of the molecule is C[C@@H](Oc1cc(-c2cnn(C3CCN(C(=O)OC(C)(C)C)CC3)c2)cn(O)c1=NC(=O)CNC(=O)OC(C)(C)C)c1c(Cl)ccc(F)c1Cl. The van der Waals surface area contributed by atoms with E-state index in [1.165, 1.54) is 18.3 Å². The molecular weight excluding hydrogens is 682 g/mol. The van der Waals surface area contributed by atoms with E-state index in [2.05, 4.69) is 15.4 Å². The van der Waals surface area contributed by atoms with Gasteiger partial charge >= 0.3 is 12.2 Å². The molecule has 4 rings (SSSR count). The molecule has 0 radical (unpaired) electrons. The Bertz CT molecular complexity index is 1770. The largest absolute Gasteiger partial charge is 0.482 e. The Kier molecular flexibility index (Phi) is 11.5. The highest BCUT2D eigenvalue weighted by atomic mass is 35.5. The summed E-state index contributed by atoms with van der Waals surface area (Å²) in [4.78, 5) is 43.0. The summed E-state index contributed by atoms with van der Waals surface area (Å²) in [5.41, 5.74) is -0.490. The molecule has 16 heteroatoms. The van der Waals surface area contributed by atoms with Gasteiger partial charge in [-0.25, -0.2) is 14.0 Å². The first-order chi connectivity index (χ1) is 22.8. The molecule has 0 aliphatic carbocycles. The van der Waals surface area contributed by atoms with Crippen LogP contribution in [0, 0.1) is 5.82 Å². The first-order valence-electron chi connectivity index (χ1n) is 15.6. The number of nitrogens with zero attached hydrogens (tertiary/aromatic N) is 5. The van der Waals surface area contributed by atoms with Crippen molar-refractivity contribution in [1.82, 2.24) is 24.7 Å². The number of likely N-dealkylation sites (tertiary alicyclic amines) is 1. The third-order valence-corrected chi connectivity index (χ3v) is 7.93. The van der Waals surface area contributed by atoms with Crippen LogP contribution in [0.1, 0.15) is 79.0 Å². The average Bonchev–Trinajstić information content (AvgIpc) is 3.49. The van der Waals surface area contributed by atoms with Crippen LogP contribution in [0.5, 0.6) is 5.75 Å². The van der Waals surface area contributed by atoms with Crippen molar-refractivity contribution in [2.45, 2.75) is 84.7 Å². The van der Waals surface area contributed by atoms with Gasteiger partial charge in [-0.05, 0) is 79.5 Å². The van der Waals surface area contributed by atoms with Gasteiger partial charge in [-0.2, -0.15) is 14.8 Å². The number of benzene rings is 1. The number of hydrogen-bond acceptors (Lipinski definition) is 8. The van der Waals surface area contributed by atoms with Crippen LogP contribution < -0.4 is 15.5 Å². The predicted octanol–water partition coefficient (Wildman–Crippen LogP) is 6.70. The minimum absolute atomic E-state index is 0.00561. The molecule has 2 N–H and O–H groups in total. The molecule has 1 fully saturated rings. The quantitative estimate of drug-likeness (QED) is 0.202. The number of piperidine rings is 1. The maximum absolute atomic E-state index is 14.4. The van der Waals surface area contributed by atoms with E-state index in [-0.39, 0.29) is 39.0 Å². The maximum Gasteiger partial charge on any atom is 0.410 e. The number of amides is 3. The number of halogens is 3. The van der Waals surface area contributed by atoms with E-state index in [0.29, 0.717) is 41.8 Å². The van der Waals surface area contributed by atoms with Gasteiger partial charge in [0.1, 0.15) is 29.7 Å².